The van der Waals surface area contributed by atoms with E-state index in [4.69, 9.17) is 10.0 Å². The first-order valence-electron chi connectivity index (χ1n) is 6.52. The van der Waals surface area contributed by atoms with Crippen LogP contribution in [0.5, 0.6) is 0 Å². The molecule has 0 atom stereocenters. The van der Waals surface area contributed by atoms with Crippen molar-refractivity contribution in [3.05, 3.63) is 45.4 Å². The molecular weight excluding hydrogens is 313 g/mol. The molecule has 9 heteroatoms. The Kier molecular flexibility index (Phi) is 4.03. The lowest BCUT2D eigenvalue weighted by Gasteiger charge is -2.15. The van der Waals surface area contributed by atoms with Crippen molar-refractivity contribution in [2.75, 3.05) is 5.75 Å². The maximum Gasteiger partial charge on any atom is 0.494 e. The number of thioether (sulfide) groups is 1. The van der Waals surface area contributed by atoms with E-state index in [-0.39, 0.29) is 16.9 Å². The van der Waals surface area contributed by atoms with Gasteiger partial charge in [0.05, 0.1) is 11.2 Å². The summed E-state index contributed by atoms with van der Waals surface area (Å²) in [6, 6.07) is 1.83. The number of nitrogens with zero attached hydrogens (tertiary/aromatic N) is 1. The van der Waals surface area contributed by atoms with E-state index < -0.39 is 24.2 Å². The maximum atomic E-state index is 13.8. The van der Waals surface area contributed by atoms with E-state index in [1.165, 1.54) is 0 Å². The van der Waals surface area contributed by atoms with E-state index in [0.717, 1.165) is 17.9 Å². The Balaban J connectivity index is 2.12. The second-order valence-corrected chi connectivity index (χ2v) is 5.97. The summed E-state index contributed by atoms with van der Waals surface area (Å²) in [6.07, 6.45) is 0.620. The van der Waals surface area contributed by atoms with Crippen molar-refractivity contribution >= 4 is 24.3 Å². The van der Waals surface area contributed by atoms with Crippen LogP contribution >= 0.6 is 11.8 Å². The zero-order valence-corrected chi connectivity index (χ0v) is 12.1. The number of hydrogen-bond acceptors (Lipinski definition) is 5. The van der Waals surface area contributed by atoms with Crippen molar-refractivity contribution in [2.45, 2.75) is 12.2 Å². The molecule has 0 saturated heterocycles. The van der Waals surface area contributed by atoms with Crippen LogP contribution in [-0.4, -0.2) is 32.9 Å². The summed E-state index contributed by atoms with van der Waals surface area (Å²) in [5, 5.41) is 17.9. The van der Waals surface area contributed by atoms with Crippen molar-refractivity contribution < 1.29 is 18.8 Å². The molecule has 2 heterocycles. The van der Waals surface area contributed by atoms with Crippen molar-refractivity contribution in [3.8, 4) is 11.4 Å². The topological polar surface area (TPSA) is 86.2 Å². The van der Waals surface area contributed by atoms with Crippen molar-refractivity contribution in [1.29, 1.82) is 0 Å². The summed E-state index contributed by atoms with van der Waals surface area (Å²) in [7, 11) is -2.25. The first-order chi connectivity index (χ1) is 10.5. The Labute approximate surface area is 128 Å². The highest BCUT2D eigenvalue weighted by molar-refractivity contribution is 7.98. The Hall–Kier alpha value is -1.71. The molecule has 1 aromatic carbocycles. The van der Waals surface area contributed by atoms with Crippen LogP contribution in [0.25, 0.3) is 11.4 Å². The molecule has 0 bridgehead atoms. The third kappa shape index (κ3) is 2.67. The van der Waals surface area contributed by atoms with Crippen LogP contribution in [0.3, 0.4) is 0 Å². The summed E-state index contributed by atoms with van der Waals surface area (Å²) in [5.74, 6) is -0.758. The minimum absolute atomic E-state index is 0.0394. The summed E-state index contributed by atoms with van der Waals surface area (Å²) < 4.78 is 27.6. The van der Waals surface area contributed by atoms with E-state index in [1.807, 2.05) is 0 Å². The number of aromatic nitrogens is 2. The molecule has 2 aromatic rings. The van der Waals surface area contributed by atoms with Gasteiger partial charge in [-0.15, -0.1) is 0 Å². The van der Waals surface area contributed by atoms with Gasteiger partial charge in [0, 0.05) is 16.9 Å². The van der Waals surface area contributed by atoms with Crippen LogP contribution in [0.1, 0.15) is 11.3 Å². The zero-order chi connectivity index (χ0) is 15.9. The minimum atomic E-state index is -2.25. The molecular formula is C13H11BF2N2O3S. The van der Waals surface area contributed by atoms with Crippen molar-refractivity contribution in [2.24, 2.45) is 0 Å². The number of H-pyrrole nitrogens is 1. The molecule has 114 valence electrons. The lowest BCUT2D eigenvalue weighted by atomic mass is 9.79. The third-order valence-corrected chi connectivity index (χ3v) is 4.43. The number of aryl methyl sites for hydroxylation is 1. The first kappa shape index (κ1) is 15.2. The second-order valence-electron chi connectivity index (χ2n) is 4.87. The van der Waals surface area contributed by atoms with Crippen LogP contribution in [0.4, 0.5) is 8.78 Å². The van der Waals surface area contributed by atoms with E-state index in [2.05, 4.69) is 9.97 Å². The monoisotopic (exact) mass is 324 g/mol. The number of benzene rings is 1. The molecule has 1 aliphatic heterocycles. The third-order valence-electron chi connectivity index (χ3n) is 3.44. The van der Waals surface area contributed by atoms with E-state index in [9.17, 15) is 13.6 Å². The molecule has 3 N–H and O–H groups in total. The highest BCUT2D eigenvalue weighted by Crippen LogP contribution is 2.23. The minimum Gasteiger partial charge on any atom is -0.423 e. The fraction of sp³-hybridized carbons (Fsp3) is 0.231. The average molecular weight is 324 g/mol. The normalized spacial score (nSPS) is 13.8. The molecule has 0 amide bonds. The fourth-order valence-corrected chi connectivity index (χ4v) is 3.33. The van der Waals surface area contributed by atoms with E-state index >= 15 is 0 Å². The summed E-state index contributed by atoms with van der Waals surface area (Å²) in [5.41, 5.74) is 0.102. The van der Waals surface area contributed by atoms with Crippen LogP contribution in [-0.2, 0) is 12.2 Å². The van der Waals surface area contributed by atoms with Crippen LogP contribution < -0.4 is 11.0 Å². The van der Waals surface area contributed by atoms with Gasteiger partial charge in [0.25, 0.3) is 5.56 Å². The van der Waals surface area contributed by atoms with Gasteiger partial charge in [0.15, 0.2) is 0 Å². The molecule has 0 unspecified atom stereocenters. The Bertz CT molecular complexity index is 774. The van der Waals surface area contributed by atoms with Crippen LogP contribution in [0, 0.1) is 11.6 Å². The highest BCUT2D eigenvalue weighted by atomic mass is 32.2. The van der Waals surface area contributed by atoms with Gasteiger partial charge >= 0.3 is 7.12 Å². The Morgan fingerprint density at radius 1 is 1.27 bits per heavy atom. The number of rotatable bonds is 2. The molecule has 1 aliphatic rings. The maximum absolute atomic E-state index is 13.8. The van der Waals surface area contributed by atoms with Gasteiger partial charge in [-0.2, -0.15) is 11.8 Å². The predicted molar refractivity (Wildman–Crippen MR) is 79.9 cm³/mol. The standard InChI is InChI=1S/C13H11BF2N2O3S/c15-8-3-6(4-9(16)11(8)14(20)21)12-17-10-1-2-22-5-7(10)13(19)18-12/h3-4,20-21H,1-2,5H2,(H,17,18,19). The summed E-state index contributed by atoms with van der Waals surface area (Å²) in [4.78, 5) is 18.8. The molecule has 0 spiro atoms. The zero-order valence-electron chi connectivity index (χ0n) is 11.3. The van der Waals surface area contributed by atoms with Crippen molar-refractivity contribution in [3.63, 3.8) is 0 Å². The van der Waals surface area contributed by atoms with Gasteiger partial charge in [0.2, 0.25) is 0 Å². The van der Waals surface area contributed by atoms with Gasteiger partial charge in [0.1, 0.15) is 17.5 Å². The van der Waals surface area contributed by atoms with Gasteiger partial charge in [-0.1, -0.05) is 0 Å². The van der Waals surface area contributed by atoms with Crippen LogP contribution in [0.15, 0.2) is 16.9 Å². The molecule has 0 radical (unpaired) electrons. The molecule has 1 aromatic heterocycles. The first-order valence-corrected chi connectivity index (χ1v) is 7.68. The number of nitrogens with one attached hydrogen (secondary N) is 1. The molecule has 22 heavy (non-hydrogen) atoms. The van der Waals surface area contributed by atoms with E-state index in [0.29, 0.717) is 23.4 Å². The second kappa shape index (κ2) is 5.83. The SMILES string of the molecule is O=c1[nH]c(-c2cc(F)c(B(O)O)c(F)c2)nc2c1CSCC2. The number of hydrogen-bond donors (Lipinski definition) is 3. The summed E-state index contributed by atoms with van der Waals surface area (Å²) >= 11 is 1.63. The molecule has 3 rings (SSSR count). The lowest BCUT2D eigenvalue weighted by Crippen LogP contribution is -2.35. The fourth-order valence-electron chi connectivity index (χ4n) is 2.35. The van der Waals surface area contributed by atoms with Gasteiger partial charge in [-0.3, -0.25) is 4.79 Å². The van der Waals surface area contributed by atoms with Gasteiger partial charge in [-0.25, -0.2) is 13.8 Å². The number of aromatic amines is 1. The molecule has 0 saturated carbocycles. The highest BCUT2D eigenvalue weighted by Gasteiger charge is 2.24. The Morgan fingerprint density at radius 2 is 1.95 bits per heavy atom. The molecule has 5 nitrogen and oxygen atoms in total. The van der Waals surface area contributed by atoms with E-state index in [1.54, 1.807) is 11.8 Å². The number of halogens is 2. The molecule has 0 aliphatic carbocycles. The number of fused-ring (bicyclic) bond motifs is 1. The quantitative estimate of drug-likeness (QED) is 0.687. The van der Waals surface area contributed by atoms with Gasteiger partial charge in [-0.05, 0) is 24.3 Å². The largest absolute Gasteiger partial charge is 0.494 e. The summed E-state index contributed by atoms with van der Waals surface area (Å²) in [6.45, 7) is 0. The van der Waals surface area contributed by atoms with Crippen LogP contribution in [0.2, 0.25) is 0 Å². The van der Waals surface area contributed by atoms with Gasteiger partial charge < -0.3 is 15.0 Å². The predicted octanol–water partition coefficient (Wildman–Crippen LogP) is 0.184. The smallest absolute Gasteiger partial charge is 0.423 e. The molecule has 0 fully saturated rings. The Morgan fingerprint density at radius 3 is 2.59 bits per heavy atom. The van der Waals surface area contributed by atoms with Crippen molar-refractivity contribution in [1.82, 2.24) is 9.97 Å². The average Bonchev–Trinajstić information content (AvgIpc) is 2.46. The lowest BCUT2D eigenvalue weighted by molar-refractivity contribution is 0.419.